The molecule has 0 spiro atoms. The van der Waals surface area contributed by atoms with Gasteiger partial charge in [-0.2, -0.15) is 0 Å². The van der Waals surface area contributed by atoms with Crippen LogP contribution in [0.3, 0.4) is 0 Å². The van der Waals surface area contributed by atoms with Gasteiger partial charge in [0.1, 0.15) is 5.82 Å². The quantitative estimate of drug-likeness (QED) is 0.860. The lowest BCUT2D eigenvalue weighted by Crippen LogP contribution is -2.57. The van der Waals surface area contributed by atoms with Crippen LogP contribution >= 0.6 is 12.4 Å². The summed E-state index contributed by atoms with van der Waals surface area (Å²) < 4.78 is 13.7. The Morgan fingerprint density at radius 3 is 2.79 bits per heavy atom. The molecule has 2 rings (SSSR count). The van der Waals surface area contributed by atoms with Crippen LogP contribution in [0.25, 0.3) is 0 Å². The Labute approximate surface area is 119 Å². The van der Waals surface area contributed by atoms with Gasteiger partial charge in [-0.25, -0.2) is 4.39 Å². The highest BCUT2D eigenvalue weighted by molar-refractivity contribution is 5.95. The van der Waals surface area contributed by atoms with Crippen molar-refractivity contribution in [3.63, 3.8) is 0 Å². The van der Waals surface area contributed by atoms with E-state index in [1.165, 1.54) is 6.07 Å². The van der Waals surface area contributed by atoms with Gasteiger partial charge in [0.15, 0.2) is 0 Å². The minimum Gasteiger partial charge on any atom is -0.333 e. The van der Waals surface area contributed by atoms with Crippen LogP contribution in [0.5, 0.6) is 0 Å². The zero-order valence-electron chi connectivity index (χ0n) is 11.4. The van der Waals surface area contributed by atoms with Gasteiger partial charge in [0.2, 0.25) is 0 Å². The second kappa shape index (κ2) is 6.35. The van der Waals surface area contributed by atoms with Gasteiger partial charge in [-0.1, -0.05) is 11.6 Å². The topological polar surface area (TPSA) is 32.3 Å². The standard InChI is InChI=1S/C14H19FN2O.ClH/c1-9-4-5-13(15)12(8-9)14(18)17-7-6-16-10(2)11(17)3;/h4-5,8,10-11,16H,6-7H2,1-3H3;1H. The average Bonchev–Trinajstić information content (AvgIpc) is 2.35. The van der Waals surface area contributed by atoms with E-state index in [1.807, 2.05) is 20.8 Å². The van der Waals surface area contributed by atoms with Crippen molar-refractivity contribution in [1.82, 2.24) is 10.2 Å². The predicted octanol–water partition coefficient (Wildman–Crippen LogP) is 2.38. The van der Waals surface area contributed by atoms with E-state index in [9.17, 15) is 9.18 Å². The van der Waals surface area contributed by atoms with Crippen LogP contribution in [0.1, 0.15) is 29.8 Å². The highest BCUT2D eigenvalue weighted by atomic mass is 35.5. The predicted molar refractivity (Wildman–Crippen MR) is 76.3 cm³/mol. The first kappa shape index (κ1) is 15.9. The minimum atomic E-state index is -0.441. The Bertz CT molecular complexity index is 467. The summed E-state index contributed by atoms with van der Waals surface area (Å²) in [6.07, 6.45) is 0. The Kier molecular flexibility index (Phi) is 5.32. The van der Waals surface area contributed by atoms with E-state index in [1.54, 1.807) is 17.0 Å². The molecule has 0 radical (unpaired) electrons. The fourth-order valence-corrected chi connectivity index (χ4v) is 2.30. The van der Waals surface area contributed by atoms with Gasteiger partial charge >= 0.3 is 0 Å². The molecule has 1 saturated heterocycles. The molecular formula is C14H20ClFN2O. The summed E-state index contributed by atoms with van der Waals surface area (Å²) in [6.45, 7) is 7.27. The zero-order valence-corrected chi connectivity index (χ0v) is 12.3. The van der Waals surface area contributed by atoms with Crippen LogP contribution in [0.4, 0.5) is 4.39 Å². The summed E-state index contributed by atoms with van der Waals surface area (Å²) in [5, 5.41) is 3.31. The number of aryl methyl sites for hydroxylation is 1. The number of piperazine rings is 1. The van der Waals surface area contributed by atoms with Crippen LogP contribution in [0.15, 0.2) is 18.2 Å². The second-order valence-electron chi connectivity index (χ2n) is 4.97. The first-order valence-corrected chi connectivity index (χ1v) is 6.31. The zero-order chi connectivity index (χ0) is 13.3. The fraction of sp³-hybridized carbons (Fsp3) is 0.500. The lowest BCUT2D eigenvalue weighted by atomic mass is 10.0. The molecule has 5 heteroatoms. The Balaban J connectivity index is 0.00000180. The second-order valence-corrected chi connectivity index (χ2v) is 4.97. The monoisotopic (exact) mass is 286 g/mol. The lowest BCUT2D eigenvalue weighted by molar-refractivity contribution is 0.0598. The molecule has 0 bridgehead atoms. The number of nitrogens with zero attached hydrogens (tertiary/aromatic N) is 1. The molecule has 1 aliphatic heterocycles. The van der Waals surface area contributed by atoms with Crippen molar-refractivity contribution < 1.29 is 9.18 Å². The van der Waals surface area contributed by atoms with Crippen molar-refractivity contribution in [2.75, 3.05) is 13.1 Å². The first-order chi connectivity index (χ1) is 8.50. The van der Waals surface area contributed by atoms with Crippen LogP contribution < -0.4 is 5.32 Å². The summed E-state index contributed by atoms with van der Waals surface area (Å²) >= 11 is 0. The Morgan fingerprint density at radius 2 is 2.11 bits per heavy atom. The van der Waals surface area contributed by atoms with Crippen molar-refractivity contribution >= 4 is 18.3 Å². The maximum atomic E-state index is 13.7. The summed E-state index contributed by atoms with van der Waals surface area (Å²) in [7, 11) is 0. The molecule has 0 saturated carbocycles. The first-order valence-electron chi connectivity index (χ1n) is 6.31. The highest BCUT2D eigenvalue weighted by Gasteiger charge is 2.29. The number of carbonyl (C=O) groups excluding carboxylic acids is 1. The SMILES string of the molecule is Cc1ccc(F)c(C(=O)N2CCNC(C)C2C)c1.Cl. The van der Waals surface area contributed by atoms with Gasteiger partial charge in [0.05, 0.1) is 5.56 Å². The maximum Gasteiger partial charge on any atom is 0.257 e. The molecule has 19 heavy (non-hydrogen) atoms. The van der Waals surface area contributed by atoms with E-state index in [4.69, 9.17) is 0 Å². The third kappa shape index (κ3) is 3.25. The molecule has 2 atom stereocenters. The lowest BCUT2D eigenvalue weighted by Gasteiger charge is -2.38. The number of hydrogen-bond acceptors (Lipinski definition) is 2. The molecule has 106 valence electrons. The van der Waals surface area contributed by atoms with Gasteiger partial charge in [0.25, 0.3) is 5.91 Å². The largest absolute Gasteiger partial charge is 0.333 e. The summed E-state index contributed by atoms with van der Waals surface area (Å²) in [6, 6.07) is 4.97. The molecule has 1 heterocycles. The van der Waals surface area contributed by atoms with Crippen LogP contribution in [0.2, 0.25) is 0 Å². The fourth-order valence-electron chi connectivity index (χ4n) is 2.30. The normalized spacial score (nSPS) is 22.8. The third-order valence-corrected chi connectivity index (χ3v) is 3.65. The molecule has 2 unspecified atom stereocenters. The maximum absolute atomic E-state index is 13.7. The van der Waals surface area contributed by atoms with Crippen molar-refractivity contribution in [2.45, 2.75) is 32.9 Å². The number of halogens is 2. The molecule has 1 aromatic rings. The van der Waals surface area contributed by atoms with Crippen molar-refractivity contribution in [3.05, 3.63) is 35.1 Å². The smallest absolute Gasteiger partial charge is 0.257 e. The molecule has 3 nitrogen and oxygen atoms in total. The van der Waals surface area contributed by atoms with E-state index in [0.717, 1.165) is 12.1 Å². The van der Waals surface area contributed by atoms with E-state index < -0.39 is 5.82 Å². The number of carbonyl (C=O) groups is 1. The molecule has 0 aromatic heterocycles. The van der Waals surface area contributed by atoms with E-state index in [0.29, 0.717) is 6.54 Å². The summed E-state index contributed by atoms with van der Waals surface area (Å²) in [5.74, 6) is -0.652. The molecular weight excluding hydrogens is 267 g/mol. The molecule has 1 aliphatic rings. The van der Waals surface area contributed by atoms with E-state index in [2.05, 4.69) is 5.32 Å². The molecule has 1 fully saturated rings. The number of amides is 1. The number of nitrogens with one attached hydrogen (secondary N) is 1. The molecule has 1 aromatic carbocycles. The van der Waals surface area contributed by atoms with Crippen molar-refractivity contribution in [1.29, 1.82) is 0 Å². The summed E-state index contributed by atoms with van der Waals surface area (Å²) in [4.78, 5) is 14.1. The average molecular weight is 287 g/mol. The van der Waals surface area contributed by atoms with Gasteiger partial charge in [-0.05, 0) is 32.9 Å². The van der Waals surface area contributed by atoms with Gasteiger partial charge in [-0.3, -0.25) is 4.79 Å². The van der Waals surface area contributed by atoms with Gasteiger partial charge in [0, 0.05) is 25.2 Å². The number of rotatable bonds is 1. The number of benzene rings is 1. The van der Waals surface area contributed by atoms with Gasteiger partial charge in [-0.15, -0.1) is 12.4 Å². The van der Waals surface area contributed by atoms with Crippen LogP contribution in [-0.2, 0) is 0 Å². The van der Waals surface area contributed by atoms with Crippen molar-refractivity contribution in [2.24, 2.45) is 0 Å². The van der Waals surface area contributed by atoms with E-state index in [-0.39, 0.29) is 36.0 Å². The molecule has 0 aliphatic carbocycles. The Morgan fingerprint density at radius 1 is 1.42 bits per heavy atom. The van der Waals surface area contributed by atoms with Crippen LogP contribution in [-0.4, -0.2) is 36.0 Å². The summed E-state index contributed by atoms with van der Waals surface area (Å²) in [5.41, 5.74) is 1.08. The Hall–Kier alpha value is -1.13. The van der Waals surface area contributed by atoms with Crippen LogP contribution in [0, 0.1) is 12.7 Å². The van der Waals surface area contributed by atoms with Gasteiger partial charge < -0.3 is 10.2 Å². The highest BCUT2D eigenvalue weighted by Crippen LogP contribution is 2.17. The molecule has 1 N–H and O–H groups in total. The minimum absolute atomic E-state index is 0. The third-order valence-electron chi connectivity index (χ3n) is 3.65. The van der Waals surface area contributed by atoms with Crippen molar-refractivity contribution in [3.8, 4) is 0 Å². The number of hydrogen-bond donors (Lipinski definition) is 1. The molecule has 1 amide bonds. The van der Waals surface area contributed by atoms with E-state index >= 15 is 0 Å².